The molecule has 0 aromatic heterocycles. The molecule has 1 heterocycles. The molecule has 34 heavy (non-hydrogen) atoms. The highest BCUT2D eigenvalue weighted by Crippen LogP contribution is 2.32. The number of fused-ring (bicyclic) bond motifs is 1. The normalized spacial score (nSPS) is 14.0. The predicted molar refractivity (Wildman–Crippen MR) is 135 cm³/mol. The number of hydrogen-bond acceptors (Lipinski definition) is 4. The maximum atomic E-state index is 12.1. The fourth-order valence-electron chi connectivity index (χ4n) is 4.14. The van der Waals surface area contributed by atoms with Gasteiger partial charge < -0.3 is 25.4 Å². The zero-order valence-electron chi connectivity index (χ0n) is 19.7. The van der Waals surface area contributed by atoms with Crippen LogP contribution in [0, 0.1) is 5.92 Å². The molecule has 3 rings (SSSR count). The summed E-state index contributed by atoms with van der Waals surface area (Å²) in [5.41, 5.74) is 7.46. The number of primary amides is 1. The van der Waals surface area contributed by atoms with E-state index in [0.29, 0.717) is 41.8 Å². The van der Waals surface area contributed by atoms with Gasteiger partial charge >= 0.3 is 12.0 Å². The van der Waals surface area contributed by atoms with E-state index in [1.54, 1.807) is 17.0 Å². The number of carboxylic acid groups (broad SMARTS) is 1. The number of anilines is 1. The summed E-state index contributed by atoms with van der Waals surface area (Å²) in [5.74, 6) is -0.347. The molecule has 0 spiro atoms. The summed E-state index contributed by atoms with van der Waals surface area (Å²) in [7, 11) is 0. The van der Waals surface area contributed by atoms with E-state index in [1.165, 1.54) is 13.8 Å². The second-order valence-corrected chi connectivity index (χ2v) is 10.0. The second kappa shape index (κ2) is 10.7. The van der Waals surface area contributed by atoms with Crippen LogP contribution in [0.25, 0.3) is 0 Å². The van der Waals surface area contributed by atoms with Crippen LogP contribution >= 0.6 is 23.2 Å². The number of nitrogens with two attached hydrogens (primary N) is 1. The lowest BCUT2D eigenvalue weighted by atomic mass is 10.0. The number of rotatable bonds is 10. The van der Waals surface area contributed by atoms with Crippen LogP contribution in [-0.2, 0) is 17.6 Å². The molecule has 0 saturated heterocycles. The first-order valence-corrected chi connectivity index (χ1v) is 12.0. The average molecular weight is 508 g/mol. The summed E-state index contributed by atoms with van der Waals surface area (Å²) in [4.78, 5) is 27.3. The molecule has 3 N–H and O–H groups in total. The molecule has 0 aliphatic carbocycles. The molecule has 0 fully saturated rings. The number of benzene rings is 2. The number of carbonyl (C=O) groups is 2. The van der Waals surface area contributed by atoms with E-state index in [1.807, 2.05) is 24.3 Å². The van der Waals surface area contributed by atoms with Crippen LogP contribution in [-0.4, -0.2) is 53.8 Å². The van der Waals surface area contributed by atoms with Crippen molar-refractivity contribution in [3.8, 4) is 5.75 Å². The Bertz CT molecular complexity index is 1060. The Labute approximate surface area is 210 Å². The van der Waals surface area contributed by atoms with Gasteiger partial charge in [-0.15, -0.1) is 0 Å². The first-order valence-electron chi connectivity index (χ1n) is 11.3. The Morgan fingerprint density at radius 3 is 2.68 bits per heavy atom. The third-order valence-electron chi connectivity index (χ3n) is 6.01. The fraction of sp³-hybridized carbons (Fsp3) is 0.440. The Morgan fingerprint density at radius 1 is 1.26 bits per heavy atom. The summed E-state index contributed by atoms with van der Waals surface area (Å²) < 4.78 is 5.66. The summed E-state index contributed by atoms with van der Waals surface area (Å²) in [6, 6.07) is 10.7. The van der Waals surface area contributed by atoms with Gasteiger partial charge in [-0.3, -0.25) is 0 Å². The summed E-state index contributed by atoms with van der Waals surface area (Å²) in [5, 5.41) is 10.4. The van der Waals surface area contributed by atoms with E-state index in [2.05, 4.69) is 11.8 Å². The number of carboxylic acids is 1. The van der Waals surface area contributed by atoms with Gasteiger partial charge in [0, 0.05) is 31.9 Å². The minimum absolute atomic E-state index is 0.145. The first-order chi connectivity index (χ1) is 16.0. The second-order valence-electron chi connectivity index (χ2n) is 9.25. The maximum absolute atomic E-state index is 12.1. The van der Waals surface area contributed by atoms with E-state index >= 15 is 0 Å². The number of amides is 2. The van der Waals surface area contributed by atoms with E-state index in [-0.39, 0.29) is 5.92 Å². The molecule has 1 unspecified atom stereocenters. The zero-order valence-corrected chi connectivity index (χ0v) is 21.2. The molecule has 2 aromatic carbocycles. The van der Waals surface area contributed by atoms with E-state index in [4.69, 9.17) is 33.7 Å². The molecular formula is C25H31Cl2N3O4. The van der Waals surface area contributed by atoms with Gasteiger partial charge in [-0.25, -0.2) is 9.59 Å². The lowest BCUT2D eigenvalue weighted by Crippen LogP contribution is -2.43. The maximum Gasteiger partial charge on any atom is 0.347 e. The minimum Gasteiger partial charge on any atom is -0.478 e. The van der Waals surface area contributed by atoms with E-state index in [9.17, 15) is 14.7 Å². The van der Waals surface area contributed by atoms with Crippen molar-refractivity contribution in [2.45, 2.75) is 39.2 Å². The van der Waals surface area contributed by atoms with Crippen LogP contribution in [0.2, 0.25) is 10.0 Å². The number of aliphatic carboxylic acids is 1. The van der Waals surface area contributed by atoms with Crippen LogP contribution in [0.1, 0.15) is 31.9 Å². The summed E-state index contributed by atoms with van der Waals surface area (Å²) in [6.07, 6.45) is 1.51. The van der Waals surface area contributed by atoms with Gasteiger partial charge in [-0.1, -0.05) is 42.3 Å². The molecule has 1 aliphatic rings. The topological polar surface area (TPSA) is 96.1 Å². The van der Waals surface area contributed by atoms with Gasteiger partial charge in [-0.05, 0) is 68.0 Å². The SMILES string of the molecule is CC(Cc1cccc(Cl)c1Cl)CN(CCN1CCc2cc(OC(C)(C)C(=O)O)ccc21)C(N)=O. The quantitative estimate of drug-likeness (QED) is 0.478. The highest BCUT2D eigenvalue weighted by molar-refractivity contribution is 6.42. The molecule has 0 bridgehead atoms. The molecule has 184 valence electrons. The van der Waals surface area contributed by atoms with Crippen molar-refractivity contribution in [3.05, 3.63) is 57.6 Å². The fourth-order valence-corrected chi connectivity index (χ4v) is 4.53. The lowest BCUT2D eigenvalue weighted by Gasteiger charge is -2.28. The third kappa shape index (κ3) is 6.27. The van der Waals surface area contributed by atoms with Crippen LogP contribution in [0.15, 0.2) is 36.4 Å². The molecule has 0 radical (unpaired) electrons. The van der Waals surface area contributed by atoms with Crippen molar-refractivity contribution in [1.29, 1.82) is 0 Å². The molecular weight excluding hydrogens is 477 g/mol. The van der Waals surface area contributed by atoms with Gasteiger partial charge in [0.15, 0.2) is 5.60 Å². The average Bonchev–Trinajstić information content (AvgIpc) is 3.16. The largest absolute Gasteiger partial charge is 0.478 e. The van der Waals surface area contributed by atoms with Crippen molar-refractivity contribution >= 4 is 40.9 Å². The van der Waals surface area contributed by atoms with Crippen LogP contribution < -0.4 is 15.4 Å². The molecule has 7 nitrogen and oxygen atoms in total. The number of hydrogen-bond donors (Lipinski definition) is 2. The Hall–Kier alpha value is -2.64. The summed E-state index contributed by atoms with van der Waals surface area (Å²) in [6.45, 7) is 7.55. The van der Waals surface area contributed by atoms with Gasteiger partial charge in [0.1, 0.15) is 5.75 Å². The minimum atomic E-state index is -1.31. The Balaban J connectivity index is 1.60. The first kappa shape index (κ1) is 26.0. The molecule has 1 atom stereocenters. The number of halogens is 2. The molecule has 2 aromatic rings. The zero-order chi connectivity index (χ0) is 25.0. The van der Waals surface area contributed by atoms with Gasteiger partial charge in [-0.2, -0.15) is 0 Å². The third-order valence-corrected chi connectivity index (χ3v) is 6.87. The van der Waals surface area contributed by atoms with Crippen molar-refractivity contribution in [1.82, 2.24) is 4.90 Å². The lowest BCUT2D eigenvalue weighted by molar-refractivity contribution is -0.152. The summed E-state index contributed by atoms with van der Waals surface area (Å²) >= 11 is 12.4. The number of urea groups is 1. The predicted octanol–water partition coefficient (Wildman–Crippen LogP) is 4.86. The van der Waals surface area contributed by atoms with Crippen molar-refractivity contribution < 1.29 is 19.4 Å². The smallest absolute Gasteiger partial charge is 0.347 e. The van der Waals surface area contributed by atoms with Gasteiger partial charge in [0.25, 0.3) is 0 Å². The number of nitrogens with zero attached hydrogens (tertiary/aromatic N) is 2. The highest BCUT2D eigenvalue weighted by atomic mass is 35.5. The van der Waals surface area contributed by atoms with E-state index in [0.717, 1.165) is 29.8 Å². The van der Waals surface area contributed by atoms with E-state index < -0.39 is 17.6 Å². The monoisotopic (exact) mass is 507 g/mol. The van der Waals surface area contributed by atoms with Crippen LogP contribution in [0.4, 0.5) is 10.5 Å². The highest BCUT2D eigenvalue weighted by Gasteiger charge is 2.30. The molecule has 1 aliphatic heterocycles. The van der Waals surface area contributed by atoms with Crippen molar-refractivity contribution in [3.63, 3.8) is 0 Å². The Kier molecular flexibility index (Phi) is 8.21. The Morgan fingerprint density at radius 2 is 2.00 bits per heavy atom. The molecule has 9 heteroatoms. The van der Waals surface area contributed by atoms with Gasteiger partial charge in [0.2, 0.25) is 0 Å². The molecule has 2 amide bonds. The number of carbonyl (C=O) groups excluding carboxylic acids is 1. The van der Waals surface area contributed by atoms with Crippen LogP contribution in [0.3, 0.4) is 0 Å². The van der Waals surface area contributed by atoms with Crippen molar-refractivity contribution in [2.24, 2.45) is 11.7 Å². The number of ether oxygens (including phenoxy) is 1. The van der Waals surface area contributed by atoms with Crippen LogP contribution in [0.5, 0.6) is 5.75 Å². The standard InChI is InChI=1S/C25H31Cl2N3O4/c1-16(13-18-5-4-6-20(26)22(18)27)15-30(24(28)33)12-11-29-10-9-17-14-19(7-8-21(17)29)34-25(2,3)23(31)32/h4-8,14,16H,9-13,15H2,1-3H3,(H2,28,33)(H,31,32). The molecule has 0 saturated carbocycles. The van der Waals surface area contributed by atoms with Crippen molar-refractivity contribution in [2.75, 3.05) is 31.1 Å². The van der Waals surface area contributed by atoms with Gasteiger partial charge in [0.05, 0.1) is 10.0 Å².